The maximum atomic E-state index is 13.2. The Hall–Kier alpha value is -2.25. The number of fused-ring (bicyclic) bond motifs is 1. The van der Waals surface area contributed by atoms with E-state index in [2.05, 4.69) is 24.1 Å². The van der Waals surface area contributed by atoms with Gasteiger partial charge in [-0.3, -0.25) is 24.6 Å². The zero-order valence-electron chi connectivity index (χ0n) is 16.5. The molecule has 0 saturated carbocycles. The third-order valence-electron chi connectivity index (χ3n) is 6.39. The lowest BCUT2D eigenvalue weighted by Gasteiger charge is -2.45. The van der Waals surface area contributed by atoms with E-state index in [0.29, 0.717) is 19.5 Å². The van der Waals surface area contributed by atoms with Crippen molar-refractivity contribution >= 4 is 17.7 Å². The van der Waals surface area contributed by atoms with Gasteiger partial charge in [-0.1, -0.05) is 18.2 Å². The molecule has 3 aliphatic rings. The van der Waals surface area contributed by atoms with Gasteiger partial charge in [-0.05, 0) is 44.2 Å². The van der Waals surface area contributed by atoms with Crippen LogP contribution < -0.4 is 11.1 Å². The van der Waals surface area contributed by atoms with Crippen LogP contribution in [0.5, 0.6) is 0 Å². The molecule has 28 heavy (non-hydrogen) atoms. The number of amides is 3. The molecule has 3 amide bonds. The molecule has 2 unspecified atom stereocenters. The van der Waals surface area contributed by atoms with E-state index in [4.69, 9.17) is 5.73 Å². The van der Waals surface area contributed by atoms with Gasteiger partial charge >= 0.3 is 0 Å². The van der Waals surface area contributed by atoms with Crippen molar-refractivity contribution in [1.29, 1.82) is 0 Å². The molecule has 3 N–H and O–H groups in total. The Morgan fingerprint density at radius 1 is 1.21 bits per heavy atom. The summed E-state index contributed by atoms with van der Waals surface area (Å²) >= 11 is 0. The predicted molar refractivity (Wildman–Crippen MR) is 104 cm³/mol. The molecule has 7 heteroatoms. The number of piperidine rings is 2. The van der Waals surface area contributed by atoms with Gasteiger partial charge in [0.05, 0.1) is 0 Å². The van der Waals surface area contributed by atoms with Crippen LogP contribution in [-0.2, 0) is 22.7 Å². The second-order valence-corrected chi connectivity index (χ2v) is 8.84. The highest BCUT2D eigenvalue weighted by Gasteiger charge is 2.41. The summed E-state index contributed by atoms with van der Waals surface area (Å²) in [6.45, 7) is 6.42. The number of benzene rings is 1. The van der Waals surface area contributed by atoms with Crippen LogP contribution in [0.1, 0.15) is 61.0 Å². The fraction of sp³-hybridized carbons (Fsp3) is 0.571. The van der Waals surface area contributed by atoms with Crippen LogP contribution in [0.15, 0.2) is 18.2 Å². The van der Waals surface area contributed by atoms with Gasteiger partial charge in [0.15, 0.2) is 0 Å². The van der Waals surface area contributed by atoms with Crippen LogP contribution in [0, 0.1) is 0 Å². The Labute approximate surface area is 165 Å². The zero-order chi connectivity index (χ0) is 20.1. The van der Waals surface area contributed by atoms with E-state index in [0.717, 1.165) is 36.1 Å². The monoisotopic (exact) mass is 384 g/mol. The van der Waals surface area contributed by atoms with Crippen LogP contribution in [0.2, 0.25) is 0 Å². The third-order valence-corrected chi connectivity index (χ3v) is 6.39. The van der Waals surface area contributed by atoms with Crippen LogP contribution in [0.3, 0.4) is 0 Å². The van der Waals surface area contributed by atoms with E-state index in [1.54, 1.807) is 4.90 Å². The van der Waals surface area contributed by atoms with E-state index < -0.39 is 6.04 Å². The first kappa shape index (κ1) is 19.1. The summed E-state index contributed by atoms with van der Waals surface area (Å²) in [5.41, 5.74) is 8.81. The van der Waals surface area contributed by atoms with Gasteiger partial charge in [-0.15, -0.1) is 0 Å². The minimum Gasteiger partial charge on any atom is -0.328 e. The maximum Gasteiger partial charge on any atom is 0.255 e. The number of hydrogen-bond donors (Lipinski definition) is 2. The summed E-state index contributed by atoms with van der Waals surface area (Å²) in [6, 6.07) is 5.60. The van der Waals surface area contributed by atoms with Crippen molar-refractivity contribution in [3.05, 3.63) is 34.9 Å². The SMILES string of the molecule is CC1(C)CC(N)CCN1Cc1cccc2c1C(=O)N(C1CCC(=O)NC1=O)C2. The van der Waals surface area contributed by atoms with Gasteiger partial charge in [-0.2, -0.15) is 0 Å². The van der Waals surface area contributed by atoms with Gasteiger partial charge in [0.25, 0.3) is 5.91 Å². The Bertz CT molecular complexity index is 835. The van der Waals surface area contributed by atoms with E-state index in [-0.39, 0.29) is 35.7 Å². The van der Waals surface area contributed by atoms with Crippen LogP contribution in [-0.4, -0.2) is 51.7 Å². The molecule has 0 spiro atoms. The third kappa shape index (κ3) is 3.33. The molecule has 2 saturated heterocycles. The standard InChI is InChI=1S/C21H28N4O3/c1-21(2)10-15(22)8-9-24(21)11-13-4-3-5-14-12-25(20(28)18(13)14)16-6-7-17(26)23-19(16)27/h3-5,15-16H,6-12,22H2,1-2H3,(H,23,26,27). The van der Waals surface area contributed by atoms with Crippen LogP contribution in [0.25, 0.3) is 0 Å². The highest BCUT2D eigenvalue weighted by Crippen LogP contribution is 2.33. The summed E-state index contributed by atoms with van der Waals surface area (Å²) in [5.74, 6) is -0.742. The summed E-state index contributed by atoms with van der Waals surface area (Å²) in [6.07, 6.45) is 2.54. The smallest absolute Gasteiger partial charge is 0.255 e. The maximum absolute atomic E-state index is 13.2. The summed E-state index contributed by atoms with van der Waals surface area (Å²) in [4.78, 5) is 40.9. The topological polar surface area (TPSA) is 95.7 Å². The average molecular weight is 384 g/mol. The lowest BCUT2D eigenvalue weighted by Crippen LogP contribution is -2.53. The van der Waals surface area contributed by atoms with Crippen molar-refractivity contribution in [2.45, 2.75) is 70.2 Å². The average Bonchev–Trinajstić information content (AvgIpc) is 2.94. The van der Waals surface area contributed by atoms with E-state index in [1.165, 1.54) is 0 Å². The van der Waals surface area contributed by atoms with Crippen molar-refractivity contribution in [2.24, 2.45) is 5.73 Å². The quantitative estimate of drug-likeness (QED) is 0.762. The summed E-state index contributed by atoms with van der Waals surface area (Å²) < 4.78 is 0. The molecule has 0 radical (unpaired) electrons. The minimum atomic E-state index is -0.574. The van der Waals surface area contributed by atoms with Gasteiger partial charge in [-0.25, -0.2) is 0 Å². The largest absolute Gasteiger partial charge is 0.328 e. The minimum absolute atomic E-state index is 0.0225. The van der Waals surface area contributed by atoms with Crippen LogP contribution in [0.4, 0.5) is 0 Å². The Kier molecular flexibility index (Phi) is 4.75. The van der Waals surface area contributed by atoms with Gasteiger partial charge in [0.2, 0.25) is 11.8 Å². The molecule has 2 atom stereocenters. The first-order valence-corrected chi connectivity index (χ1v) is 10.0. The fourth-order valence-corrected chi connectivity index (χ4v) is 4.82. The number of nitrogens with two attached hydrogens (primary N) is 1. The summed E-state index contributed by atoms with van der Waals surface area (Å²) in [7, 11) is 0. The number of nitrogens with zero attached hydrogens (tertiary/aromatic N) is 2. The number of rotatable bonds is 3. The fourth-order valence-electron chi connectivity index (χ4n) is 4.82. The molecule has 0 bridgehead atoms. The van der Waals surface area contributed by atoms with E-state index in [1.807, 2.05) is 18.2 Å². The molecule has 2 fully saturated rings. The number of likely N-dealkylation sites (tertiary alicyclic amines) is 1. The number of carbonyl (C=O) groups excluding carboxylic acids is 3. The van der Waals surface area contributed by atoms with Crippen molar-refractivity contribution in [2.75, 3.05) is 6.54 Å². The molecule has 3 aliphatic heterocycles. The number of nitrogens with one attached hydrogen (secondary N) is 1. The molecule has 4 rings (SSSR count). The highest BCUT2D eigenvalue weighted by molar-refractivity contribution is 6.05. The molecule has 150 valence electrons. The zero-order valence-corrected chi connectivity index (χ0v) is 16.5. The Balaban J connectivity index is 1.57. The second kappa shape index (κ2) is 6.97. The van der Waals surface area contributed by atoms with E-state index >= 15 is 0 Å². The van der Waals surface area contributed by atoms with E-state index in [9.17, 15) is 14.4 Å². The Morgan fingerprint density at radius 2 is 2.00 bits per heavy atom. The molecular weight excluding hydrogens is 356 g/mol. The predicted octanol–water partition coefficient (Wildman–Crippen LogP) is 1.15. The summed E-state index contributed by atoms with van der Waals surface area (Å²) in [5, 5.41) is 2.36. The molecule has 1 aromatic carbocycles. The Morgan fingerprint density at radius 3 is 2.71 bits per heavy atom. The highest BCUT2D eigenvalue weighted by atomic mass is 16.2. The van der Waals surface area contributed by atoms with Gasteiger partial charge in [0.1, 0.15) is 6.04 Å². The second-order valence-electron chi connectivity index (χ2n) is 8.84. The van der Waals surface area contributed by atoms with Crippen molar-refractivity contribution in [3.8, 4) is 0 Å². The lowest BCUT2D eigenvalue weighted by atomic mass is 9.86. The molecule has 7 nitrogen and oxygen atoms in total. The van der Waals surface area contributed by atoms with Gasteiger partial charge in [0, 0.05) is 43.2 Å². The number of carbonyl (C=O) groups is 3. The van der Waals surface area contributed by atoms with Crippen molar-refractivity contribution < 1.29 is 14.4 Å². The molecule has 0 aliphatic carbocycles. The van der Waals surface area contributed by atoms with Crippen LogP contribution >= 0.6 is 0 Å². The van der Waals surface area contributed by atoms with Crippen molar-refractivity contribution in [3.63, 3.8) is 0 Å². The first-order valence-electron chi connectivity index (χ1n) is 10.0. The molecule has 3 heterocycles. The first-order chi connectivity index (χ1) is 13.3. The molecule has 0 aromatic heterocycles. The van der Waals surface area contributed by atoms with Crippen molar-refractivity contribution in [1.82, 2.24) is 15.1 Å². The molecule has 1 aromatic rings. The number of hydrogen-bond acceptors (Lipinski definition) is 5. The normalized spacial score (nSPS) is 27.7. The molecular formula is C21H28N4O3. The van der Waals surface area contributed by atoms with Gasteiger partial charge < -0.3 is 10.6 Å². The lowest BCUT2D eigenvalue weighted by molar-refractivity contribution is -0.136. The number of imide groups is 1.